The molecule has 29 heavy (non-hydrogen) atoms. The number of guanidine groups is 1. The van der Waals surface area contributed by atoms with Crippen molar-refractivity contribution >= 4 is 40.0 Å². The molecule has 2 rings (SSSR count). The quantitative estimate of drug-likeness (QED) is 0.253. The van der Waals surface area contributed by atoms with Gasteiger partial charge in [0.25, 0.3) is 0 Å². The lowest BCUT2D eigenvalue weighted by molar-refractivity contribution is -0.0494. The Balaban J connectivity index is 0.00000420. The highest BCUT2D eigenvalue weighted by atomic mass is 127. The second-order valence-corrected chi connectivity index (χ2v) is 8.22. The average Bonchev–Trinajstić information content (AvgIpc) is 2.59. The first kappa shape index (κ1) is 25.8. The molecule has 0 amide bonds. The molecule has 0 atom stereocenters. The maximum Gasteiger partial charge on any atom is 0.511 e. The zero-order valence-electron chi connectivity index (χ0n) is 15.5. The Morgan fingerprint density at radius 1 is 1.17 bits per heavy atom. The molecule has 0 unspecified atom stereocenters. The molecule has 0 radical (unpaired) electrons. The summed E-state index contributed by atoms with van der Waals surface area (Å²) in [7, 11) is -3.81. The predicted octanol–water partition coefficient (Wildman–Crippen LogP) is 2.60. The van der Waals surface area contributed by atoms with Crippen LogP contribution in [0.4, 0.5) is 22.0 Å². The molecule has 1 aromatic rings. The molecule has 1 aliphatic heterocycles. The monoisotopic (exact) mass is 556 g/mol. The van der Waals surface area contributed by atoms with Gasteiger partial charge in [0.1, 0.15) is 11.6 Å². The molecule has 2 N–H and O–H groups in total. The van der Waals surface area contributed by atoms with Gasteiger partial charge in [0, 0.05) is 38.8 Å². The van der Waals surface area contributed by atoms with Crippen LogP contribution in [0, 0.1) is 11.6 Å². The zero-order valence-corrected chi connectivity index (χ0v) is 18.6. The number of halogens is 6. The van der Waals surface area contributed by atoms with E-state index in [-0.39, 0.29) is 55.9 Å². The maximum absolute atomic E-state index is 13.2. The van der Waals surface area contributed by atoms with Gasteiger partial charge in [0.2, 0.25) is 0 Å². The van der Waals surface area contributed by atoms with Gasteiger partial charge in [-0.05, 0) is 37.0 Å². The van der Waals surface area contributed by atoms with E-state index in [1.807, 2.05) is 0 Å². The fourth-order valence-corrected chi connectivity index (χ4v) is 3.84. The van der Waals surface area contributed by atoms with E-state index in [1.54, 1.807) is 0 Å². The van der Waals surface area contributed by atoms with Gasteiger partial charge in [-0.25, -0.2) is 17.2 Å². The van der Waals surface area contributed by atoms with Crippen LogP contribution in [-0.4, -0.2) is 56.9 Å². The molecule has 6 nitrogen and oxygen atoms in total. The van der Waals surface area contributed by atoms with Gasteiger partial charge in [-0.1, -0.05) is 0 Å². The molecule has 13 heteroatoms. The SMILES string of the molecule is CN=C(NCCc1cc(F)cc(F)c1)NC1CCN(S(=O)(=O)C(F)(F)F)CC1.I. The lowest BCUT2D eigenvalue weighted by Crippen LogP contribution is -2.51. The number of hydrogen-bond acceptors (Lipinski definition) is 3. The molecule has 166 valence electrons. The van der Waals surface area contributed by atoms with E-state index in [1.165, 1.54) is 19.2 Å². The Morgan fingerprint density at radius 3 is 2.21 bits per heavy atom. The molecule has 1 fully saturated rings. The highest BCUT2D eigenvalue weighted by molar-refractivity contribution is 14.0. The van der Waals surface area contributed by atoms with Crippen LogP contribution < -0.4 is 10.6 Å². The maximum atomic E-state index is 13.2. The van der Waals surface area contributed by atoms with Crippen LogP contribution in [0.25, 0.3) is 0 Å². The summed E-state index contributed by atoms with van der Waals surface area (Å²) in [5.74, 6) is -0.967. The Hall–Kier alpha value is -1.22. The number of nitrogens with zero attached hydrogens (tertiary/aromatic N) is 2. The Morgan fingerprint density at radius 2 is 1.72 bits per heavy atom. The van der Waals surface area contributed by atoms with E-state index in [0.717, 1.165) is 6.07 Å². The number of rotatable bonds is 5. The van der Waals surface area contributed by atoms with E-state index in [9.17, 15) is 30.4 Å². The van der Waals surface area contributed by atoms with Crippen molar-refractivity contribution in [1.29, 1.82) is 0 Å². The van der Waals surface area contributed by atoms with E-state index in [4.69, 9.17) is 0 Å². The van der Waals surface area contributed by atoms with Gasteiger partial charge < -0.3 is 10.6 Å². The van der Waals surface area contributed by atoms with Crippen LogP contribution in [0.5, 0.6) is 0 Å². The molecule has 0 spiro atoms. The third-order valence-corrected chi connectivity index (χ3v) is 5.91. The van der Waals surface area contributed by atoms with Gasteiger partial charge in [-0.3, -0.25) is 4.99 Å². The minimum absolute atomic E-state index is 0. The number of piperidine rings is 1. The fraction of sp³-hybridized carbons (Fsp3) is 0.562. The second kappa shape index (κ2) is 10.7. The average molecular weight is 556 g/mol. The minimum Gasteiger partial charge on any atom is -0.356 e. The van der Waals surface area contributed by atoms with Crippen molar-refractivity contribution in [2.75, 3.05) is 26.7 Å². The summed E-state index contributed by atoms with van der Waals surface area (Å²) < 4.78 is 87.3. The third kappa shape index (κ3) is 7.20. The molecule has 0 bridgehead atoms. The van der Waals surface area contributed by atoms with Crippen molar-refractivity contribution in [1.82, 2.24) is 14.9 Å². The van der Waals surface area contributed by atoms with Gasteiger partial charge in [-0.15, -0.1) is 24.0 Å². The molecule has 0 aliphatic carbocycles. The first-order chi connectivity index (χ1) is 13.0. The fourth-order valence-electron chi connectivity index (χ4n) is 2.86. The van der Waals surface area contributed by atoms with Crippen molar-refractivity contribution in [3.63, 3.8) is 0 Å². The topological polar surface area (TPSA) is 73.8 Å². The normalized spacial score (nSPS) is 17.0. The first-order valence-electron chi connectivity index (χ1n) is 8.51. The molecule has 1 heterocycles. The van der Waals surface area contributed by atoms with Crippen LogP contribution in [0.1, 0.15) is 18.4 Å². The smallest absolute Gasteiger partial charge is 0.356 e. The Labute approximate surface area is 183 Å². The zero-order chi connectivity index (χ0) is 20.9. The summed E-state index contributed by atoms with van der Waals surface area (Å²) in [6, 6.07) is 2.97. The minimum atomic E-state index is -5.31. The number of alkyl halides is 3. The van der Waals surface area contributed by atoms with Crippen molar-refractivity contribution in [2.45, 2.75) is 30.8 Å². The summed E-state index contributed by atoms with van der Waals surface area (Å²) in [5.41, 5.74) is -4.84. The molecule has 0 aromatic heterocycles. The summed E-state index contributed by atoms with van der Waals surface area (Å²) in [4.78, 5) is 3.99. The van der Waals surface area contributed by atoms with Crippen molar-refractivity contribution < 1.29 is 30.4 Å². The summed E-state index contributed by atoms with van der Waals surface area (Å²) in [6.07, 6.45) is 0.702. The van der Waals surface area contributed by atoms with E-state index >= 15 is 0 Å². The highest BCUT2D eigenvalue weighted by Crippen LogP contribution is 2.28. The van der Waals surface area contributed by atoms with Crippen LogP contribution in [0.15, 0.2) is 23.2 Å². The Kier molecular flexibility index (Phi) is 9.53. The third-order valence-electron chi connectivity index (χ3n) is 4.28. The lowest BCUT2D eigenvalue weighted by atomic mass is 10.1. The highest BCUT2D eigenvalue weighted by Gasteiger charge is 2.50. The summed E-state index contributed by atoms with van der Waals surface area (Å²) >= 11 is 0. The molecular formula is C16H22F5IN4O2S. The van der Waals surface area contributed by atoms with Crippen LogP contribution in [0.3, 0.4) is 0 Å². The largest absolute Gasteiger partial charge is 0.511 e. The van der Waals surface area contributed by atoms with E-state index in [0.29, 0.717) is 28.8 Å². The van der Waals surface area contributed by atoms with Crippen molar-refractivity contribution in [3.05, 3.63) is 35.4 Å². The summed E-state index contributed by atoms with van der Waals surface area (Å²) in [6.45, 7) is -0.179. The first-order valence-corrected chi connectivity index (χ1v) is 9.95. The van der Waals surface area contributed by atoms with Crippen LogP contribution in [-0.2, 0) is 16.4 Å². The lowest BCUT2D eigenvalue weighted by Gasteiger charge is -2.32. The predicted molar refractivity (Wildman–Crippen MR) is 110 cm³/mol. The molecule has 1 aliphatic rings. The molecule has 1 saturated heterocycles. The van der Waals surface area contributed by atoms with Crippen molar-refractivity contribution in [3.8, 4) is 0 Å². The number of sulfonamides is 1. The summed E-state index contributed by atoms with van der Waals surface area (Å²) in [5, 5.41) is 5.97. The second-order valence-electron chi connectivity index (χ2n) is 6.30. The number of nitrogens with one attached hydrogen (secondary N) is 2. The molecule has 1 aromatic carbocycles. The van der Waals surface area contributed by atoms with Crippen molar-refractivity contribution in [2.24, 2.45) is 4.99 Å². The molecular weight excluding hydrogens is 534 g/mol. The van der Waals surface area contributed by atoms with E-state index in [2.05, 4.69) is 15.6 Å². The number of hydrogen-bond donors (Lipinski definition) is 2. The van der Waals surface area contributed by atoms with Gasteiger partial charge in [0.05, 0.1) is 0 Å². The Bertz CT molecular complexity index is 792. The van der Waals surface area contributed by atoms with Gasteiger partial charge in [-0.2, -0.15) is 17.5 Å². The number of aliphatic imine (C=N–C) groups is 1. The van der Waals surface area contributed by atoms with Crippen LogP contribution >= 0.6 is 24.0 Å². The molecule has 0 saturated carbocycles. The number of benzene rings is 1. The van der Waals surface area contributed by atoms with Gasteiger partial charge >= 0.3 is 15.5 Å². The van der Waals surface area contributed by atoms with E-state index < -0.39 is 27.2 Å². The standard InChI is InChI=1S/C16H21F5N4O2S.HI/c1-22-15(23-5-2-11-8-12(17)10-13(18)9-11)24-14-3-6-25(7-4-14)28(26,27)16(19,20)21;/h8-10,14H,2-7H2,1H3,(H2,22,23,24);1H. The van der Waals surface area contributed by atoms with Crippen LogP contribution in [0.2, 0.25) is 0 Å². The van der Waals surface area contributed by atoms with Gasteiger partial charge in [0.15, 0.2) is 5.96 Å².